The van der Waals surface area contributed by atoms with E-state index in [0.717, 1.165) is 18.4 Å². The molecule has 0 radical (unpaired) electrons. The molecule has 0 spiro atoms. The molecular weight excluding hydrogens is 668 g/mol. The third kappa shape index (κ3) is 14.2. The maximum Gasteiger partial charge on any atom is 0.311 e. The van der Waals surface area contributed by atoms with E-state index in [9.17, 15) is 50.8 Å². The molecule has 1 aliphatic heterocycles. The molecule has 0 aromatic rings. The van der Waals surface area contributed by atoms with E-state index < -0.39 is 111 Å². The Balaban J connectivity index is 3.18. The van der Waals surface area contributed by atoms with Gasteiger partial charge >= 0.3 is 5.97 Å². The largest absolute Gasteiger partial charge is 0.463 e. The Labute approximate surface area is 302 Å². The summed E-state index contributed by atoms with van der Waals surface area (Å²) < 4.78 is 16.9. The van der Waals surface area contributed by atoms with Gasteiger partial charge in [0.15, 0.2) is 6.29 Å². The fraction of sp³-hybridized carbons (Fsp3) is 0.811. The normalized spacial score (nSPS) is 28.8. The van der Waals surface area contributed by atoms with Crippen LogP contribution in [-0.4, -0.2) is 144 Å². The van der Waals surface area contributed by atoms with Crippen LogP contribution in [-0.2, 0) is 19.0 Å². The Hall–Kier alpha value is -1.79. The van der Waals surface area contributed by atoms with Crippen molar-refractivity contribution in [3.63, 3.8) is 0 Å². The number of aliphatic hydroxyl groups is 10. The van der Waals surface area contributed by atoms with Gasteiger partial charge in [-0.2, -0.15) is 0 Å². The van der Waals surface area contributed by atoms with E-state index >= 15 is 0 Å². The summed E-state index contributed by atoms with van der Waals surface area (Å²) >= 11 is 0. The molecule has 0 amide bonds. The molecule has 0 saturated carbocycles. The number of rotatable bonds is 21. The molecule has 14 heteroatoms. The second-order valence-electron chi connectivity index (χ2n) is 14.5. The first-order chi connectivity index (χ1) is 23.7. The molecule has 1 saturated heterocycles. The van der Waals surface area contributed by atoms with Crippen LogP contribution in [0.15, 0.2) is 34.9 Å². The van der Waals surface area contributed by atoms with E-state index in [1.807, 2.05) is 19.9 Å². The lowest BCUT2D eigenvalue weighted by Crippen LogP contribution is -2.60. The van der Waals surface area contributed by atoms with Gasteiger partial charge in [0.1, 0.15) is 49.3 Å². The lowest BCUT2D eigenvalue weighted by atomic mass is 9.87. The van der Waals surface area contributed by atoms with Gasteiger partial charge in [-0.15, -0.1) is 0 Å². The third-order valence-corrected chi connectivity index (χ3v) is 9.77. The zero-order valence-corrected chi connectivity index (χ0v) is 31.6. The van der Waals surface area contributed by atoms with Gasteiger partial charge in [0.25, 0.3) is 0 Å². The quantitative estimate of drug-likeness (QED) is 0.0565. The Morgan fingerprint density at radius 3 is 1.88 bits per heavy atom. The summed E-state index contributed by atoms with van der Waals surface area (Å²) in [6.45, 7) is 14.6. The predicted octanol–water partition coefficient (Wildman–Crippen LogP) is 0.331. The van der Waals surface area contributed by atoms with Crippen LogP contribution < -0.4 is 0 Å². The highest BCUT2D eigenvalue weighted by atomic mass is 16.7. The monoisotopic (exact) mass is 734 g/mol. The van der Waals surface area contributed by atoms with Crippen LogP contribution in [0, 0.1) is 29.6 Å². The first-order valence-corrected chi connectivity index (χ1v) is 17.9. The number of hydrogen-bond donors (Lipinski definition) is 10. The van der Waals surface area contributed by atoms with E-state index in [1.165, 1.54) is 6.92 Å². The first-order valence-electron chi connectivity index (χ1n) is 17.9. The highest BCUT2D eigenvalue weighted by Crippen LogP contribution is 2.30. The molecule has 1 aliphatic rings. The number of carbonyl (C=O) groups is 1. The summed E-state index contributed by atoms with van der Waals surface area (Å²) in [6, 6.07) is 0. The SMILES string of the molecule is CCC(C)CC(C)/C=C(\C)C(OC1OC(CO)C(O)C(O)C1O)C(C)/C=C(\C)C(O)C(C)/C=C(\C)C(O)C(C)C(=O)OCC(O)C(O)C(O)CO. The summed E-state index contributed by atoms with van der Waals surface area (Å²) in [6.07, 6.45) is -7.77. The minimum atomic E-state index is -1.74. The molecule has 298 valence electrons. The Morgan fingerprint density at radius 1 is 0.765 bits per heavy atom. The second-order valence-corrected chi connectivity index (χ2v) is 14.5. The van der Waals surface area contributed by atoms with Crippen molar-refractivity contribution in [3.05, 3.63) is 34.9 Å². The van der Waals surface area contributed by atoms with Crippen LogP contribution in [0.2, 0.25) is 0 Å². The predicted molar refractivity (Wildman–Crippen MR) is 189 cm³/mol. The van der Waals surface area contributed by atoms with Crippen molar-refractivity contribution in [1.82, 2.24) is 0 Å². The molecule has 1 fully saturated rings. The molecule has 10 N–H and O–H groups in total. The van der Waals surface area contributed by atoms with E-state index in [-0.39, 0.29) is 5.92 Å². The molecule has 51 heavy (non-hydrogen) atoms. The molecule has 0 aromatic heterocycles. The summed E-state index contributed by atoms with van der Waals surface area (Å²) in [5.41, 5.74) is 1.77. The fourth-order valence-corrected chi connectivity index (χ4v) is 6.29. The minimum Gasteiger partial charge on any atom is -0.463 e. The number of ether oxygens (including phenoxy) is 3. The summed E-state index contributed by atoms with van der Waals surface area (Å²) in [7, 11) is 0. The molecule has 16 atom stereocenters. The van der Waals surface area contributed by atoms with Crippen LogP contribution in [0.4, 0.5) is 0 Å². The van der Waals surface area contributed by atoms with Crippen LogP contribution in [0.25, 0.3) is 0 Å². The van der Waals surface area contributed by atoms with Crippen LogP contribution in [0.3, 0.4) is 0 Å². The summed E-state index contributed by atoms with van der Waals surface area (Å²) in [5, 5.41) is 101. The lowest BCUT2D eigenvalue weighted by Gasteiger charge is -2.41. The van der Waals surface area contributed by atoms with Crippen molar-refractivity contribution in [2.24, 2.45) is 29.6 Å². The lowest BCUT2D eigenvalue weighted by molar-refractivity contribution is -0.310. The molecule has 0 bridgehead atoms. The molecule has 16 unspecified atom stereocenters. The standard InChI is InChI=1S/C37H66O14/c1-10-18(2)11-19(3)12-23(7)35(51-37-34(47)33(46)32(45)28(16-39)50-37)24(8)14-21(5)29(42)20(4)13-22(6)30(43)25(9)36(48)49-17-27(41)31(44)26(40)15-38/h12-14,18-20,24-35,37-47H,10-11,15-17H2,1-9H3/b21-14+,22-13+,23-12+. The first kappa shape index (κ1) is 47.2. The van der Waals surface area contributed by atoms with Crippen molar-refractivity contribution < 1.29 is 70.1 Å². The smallest absolute Gasteiger partial charge is 0.311 e. The third-order valence-electron chi connectivity index (χ3n) is 9.77. The minimum absolute atomic E-state index is 0.193. The molecule has 0 aromatic carbocycles. The van der Waals surface area contributed by atoms with Gasteiger partial charge in [-0.25, -0.2) is 0 Å². The second kappa shape index (κ2) is 22.4. The van der Waals surface area contributed by atoms with Gasteiger partial charge in [-0.05, 0) is 62.7 Å². The average Bonchev–Trinajstić information content (AvgIpc) is 3.09. The zero-order valence-electron chi connectivity index (χ0n) is 31.6. The maximum atomic E-state index is 12.5. The van der Waals surface area contributed by atoms with Crippen LogP contribution in [0.5, 0.6) is 0 Å². The van der Waals surface area contributed by atoms with Crippen molar-refractivity contribution in [1.29, 1.82) is 0 Å². The number of aliphatic hydroxyl groups excluding tert-OH is 10. The van der Waals surface area contributed by atoms with E-state index in [2.05, 4.69) is 26.8 Å². The van der Waals surface area contributed by atoms with Gasteiger partial charge in [0.2, 0.25) is 0 Å². The van der Waals surface area contributed by atoms with E-state index in [1.54, 1.807) is 26.8 Å². The number of esters is 1. The Kier molecular flexibility index (Phi) is 20.8. The highest BCUT2D eigenvalue weighted by molar-refractivity contribution is 5.73. The van der Waals surface area contributed by atoms with Crippen molar-refractivity contribution in [3.8, 4) is 0 Å². The number of hydrogen-bond acceptors (Lipinski definition) is 14. The zero-order chi connectivity index (χ0) is 39.3. The van der Waals surface area contributed by atoms with E-state index in [4.69, 9.17) is 19.3 Å². The van der Waals surface area contributed by atoms with Gasteiger partial charge in [0, 0.05) is 11.8 Å². The highest BCUT2D eigenvalue weighted by Gasteiger charge is 2.45. The summed E-state index contributed by atoms with van der Waals surface area (Å²) in [4.78, 5) is 12.5. The van der Waals surface area contributed by atoms with Gasteiger partial charge in [0.05, 0.1) is 37.4 Å². The maximum absolute atomic E-state index is 12.5. The van der Waals surface area contributed by atoms with Crippen LogP contribution in [0.1, 0.15) is 75.2 Å². The Bertz CT molecular complexity index is 1120. The van der Waals surface area contributed by atoms with Crippen LogP contribution >= 0.6 is 0 Å². The van der Waals surface area contributed by atoms with Gasteiger partial charge in [-0.1, -0.05) is 59.3 Å². The van der Waals surface area contributed by atoms with Crippen molar-refractivity contribution >= 4 is 5.97 Å². The Morgan fingerprint density at radius 2 is 1.33 bits per heavy atom. The molecule has 0 aliphatic carbocycles. The molecule has 14 nitrogen and oxygen atoms in total. The topological polar surface area (TPSA) is 247 Å². The van der Waals surface area contributed by atoms with Gasteiger partial charge in [-0.3, -0.25) is 4.79 Å². The fourth-order valence-electron chi connectivity index (χ4n) is 6.29. The van der Waals surface area contributed by atoms with E-state index in [0.29, 0.717) is 17.1 Å². The van der Waals surface area contributed by atoms with Gasteiger partial charge < -0.3 is 65.3 Å². The van der Waals surface area contributed by atoms with Crippen molar-refractivity contribution in [2.45, 2.75) is 142 Å². The average molecular weight is 735 g/mol. The molecule has 1 heterocycles. The number of carbonyl (C=O) groups excluding carboxylic acids is 1. The van der Waals surface area contributed by atoms with Crippen molar-refractivity contribution in [2.75, 3.05) is 19.8 Å². The molecular formula is C37H66O14. The molecule has 1 rings (SSSR count). The summed E-state index contributed by atoms with van der Waals surface area (Å²) in [5.74, 6) is -2.19. The number of allylic oxidation sites excluding steroid dienone is 1.